The fourth-order valence-corrected chi connectivity index (χ4v) is 15.3. The van der Waals surface area contributed by atoms with Crippen molar-refractivity contribution in [1.82, 2.24) is 16.0 Å². The van der Waals surface area contributed by atoms with Gasteiger partial charge in [-0.25, -0.2) is 0 Å². The minimum absolute atomic E-state index is 0.869. The van der Waals surface area contributed by atoms with Crippen LogP contribution in [0.1, 0.15) is 27.7 Å². The largest absolute Gasteiger partial charge is 0.394 e. The van der Waals surface area contributed by atoms with Crippen LogP contribution in [0.2, 0.25) is 0 Å². The standard InChI is InChI=1S/C66H111N3O50/c1-14-30(79)40(89)45(94)60(104-14)103-13-26-51(39(88)27(57(100)105-26)67-15(2)76)114-58-28(68-16(3)77)53(36(85)22(9-74)106-58)116-65-50(99)55(118-66-56(44(93)34(83)21(8-73)111-66)119-59-29(69-17(4)78)52(35(84)23(10-75)107-59)115-63-47(96)42(91)32(81)19(6-71)109-63)38(87)25(113-65)12-102-62-49(98)54(117-64-48(97)43(92)33(82)20(7-72)110-64)37(86)24(112-62)11-101-61-46(95)41(90)31(80)18(5-70)108-61/h14,18-66,70-75,79-100H,5-13H2,1-4H3,(H,67,76)(H,68,77)(H,69,78)/t14-,18+,19+,20+,21+,22+,23+,24+,25+,26+,27+,28+,29+,30+,31+,32+,33+,34+,35+,36+,37+,38+,39+,40+,41-,42-,43-,44-,45-,46-,47-,48-,49-,50-,51+,52+,53+,54-,55-,56-,57+,58+,59+,60+,61+,62-,63+,64-,65-,66-/m0/s1. The van der Waals surface area contributed by atoms with Crippen LogP contribution < -0.4 is 16.0 Å². The SMILES string of the molecule is CC(=O)N[C@@H]1[C@@H](O)[C@H](O[C@H]2O[C@H](CO)[C@@H](O)[C@H](O[C@@H]3O[C@H](CO[C@H]4O[C@H](CO[C@@H]5O[C@H](CO)[C@@H](O)[C@H](O)[C@@H]5O)[C@@H](O)[C@H](O[C@@H]5O[C@H](CO)[C@@H](O)[C@H](O)[C@@H]5O)[C@@H]4O)[C@@H](O)[C@H](O[C@@H]4O[C@H](CO)[C@@H](O)[C@H](O)[C@@H]4O[C@H]4O[C@H](CO)[C@@H](O)[C@H](O[C@H]5O[C@H](CO)[C@@H](O)[C@H](O)[C@@H]5O)[C@H]4NC(C)=O)[C@@H]3O)[C@H]2NC(C)=O)[C@@H](CO[C@@H]2O[C@@H](C)[C@@H](O)[C@@H](O)[C@@H]2O)O[C@H]1O. The average molecular weight is 1750 g/mol. The van der Waals surface area contributed by atoms with Crippen molar-refractivity contribution in [3.8, 4) is 0 Å². The maximum Gasteiger partial charge on any atom is 0.217 e. The Morgan fingerprint density at radius 2 is 0.504 bits per heavy atom. The summed E-state index contributed by atoms with van der Waals surface area (Å²) in [5, 5.41) is 318. The van der Waals surface area contributed by atoms with Crippen LogP contribution in [0.3, 0.4) is 0 Å². The molecule has 0 aliphatic carbocycles. The maximum absolute atomic E-state index is 13.5. The molecule has 3 amide bonds. The number of hydrogen-bond donors (Lipinski definition) is 31. The van der Waals surface area contributed by atoms with Gasteiger partial charge in [0.25, 0.3) is 0 Å². The summed E-state index contributed by atoms with van der Waals surface area (Å²) < 4.78 is 112. The van der Waals surface area contributed by atoms with Crippen molar-refractivity contribution in [2.75, 3.05) is 59.5 Å². The molecule has 0 aromatic heterocycles. The third-order valence-corrected chi connectivity index (χ3v) is 22.0. The molecule has 0 aromatic rings. The second-order valence-electron chi connectivity index (χ2n) is 30.3. The molecule has 0 saturated carbocycles. The van der Waals surface area contributed by atoms with Crippen LogP contribution >= 0.6 is 0 Å². The van der Waals surface area contributed by atoms with Crippen LogP contribution in [0, 0.1) is 0 Å². The number of carbonyl (C=O) groups excluding carboxylic acids is 3. The quantitative estimate of drug-likeness (QED) is 0.0318. The summed E-state index contributed by atoms with van der Waals surface area (Å²) in [7, 11) is 0. The molecule has 53 nitrogen and oxygen atoms in total. The van der Waals surface area contributed by atoms with Gasteiger partial charge < -0.3 is 249 Å². The minimum atomic E-state index is -2.67. The van der Waals surface area contributed by atoms with Gasteiger partial charge in [0.05, 0.1) is 65.6 Å². The van der Waals surface area contributed by atoms with Gasteiger partial charge in [-0.3, -0.25) is 14.4 Å². The molecule has 0 aromatic carbocycles. The van der Waals surface area contributed by atoms with E-state index in [4.69, 9.17) is 90.0 Å². The smallest absolute Gasteiger partial charge is 0.217 e. The summed E-state index contributed by atoms with van der Waals surface area (Å²) in [4.78, 5) is 39.2. The number of amides is 3. The molecule has 53 heteroatoms. The number of rotatable bonds is 30. The Morgan fingerprint density at radius 1 is 0.235 bits per heavy atom. The van der Waals surface area contributed by atoms with E-state index in [1.54, 1.807) is 0 Å². The zero-order valence-electron chi connectivity index (χ0n) is 63.7. The third-order valence-electron chi connectivity index (χ3n) is 22.0. The van der Waals surface area contributed by atoms with Gasteiger partial charge in [-0.15, -0.1) is 0 Å². The number of nitrogens with one attached hydrogen (secondary N) is 3. The minimum Gasteiger partial charge on any atom is -0.394 e. The van der Waals surface area contributed by atoms with Crippen LogP contribution in [0.4, 0.5) is 0 Å². The van der Waals surface area contributed by atoms with Crippen molar-refractivity contribution < 1.29 is 247 Å². The first kappa shape index (κ1) is 97.7. The first-order valence-corrected chi connectivity index (χ1v) is 38.0. The number of carbonyl (C=O) groups is 3. The first-order valence-electron chi connectivity index (χ1n) is 38.0. The molecule has 119 heavy (non-hydrogen) atoms. The molecule has 31 N–H and O–H groups in total. The molecule has 10 aliphatic rings. The maximum atomic E-state index is 13.5. The van der Waals surface area contributed by atoms with Gasteiger partial charge in [-0.1, -0.05) is 0 Å². The predicted molar refractivity (Wildman–Crippen MR) is 363 cm³/mol. The Bertz CT molecular complexity index is 3160. The van der Waals surface area contributed by atoms with Gasteiger partial charge in [0.1, 0.15) is 238 Å². The number of ether oxygens (including phenoxy) is 19. The van der Waals surface area contributed by atoms with E-state index in [0.29, 0.717) is 0 Å². The van der Waals surface area contributed by atoms with Crippen molar-refractivity contribution in [3.05, 3.63) is 0 Å². The molecule has 0 radical (unpaired) electrons. The lowest BCUT2D eigenvalue weighted by Gasteiger charge is -2.51. The predicted octanol–water partition coefficient (Wildman–Crippen LogP) is -21.3. The summed E-state index contributed by atoms with van der Waals surface area (Å²) in [6.45, 7) is -5.72. The molecule has 50 atom stereocenters. The topological polar surface area (TPSA) is 829 Å². The van der Waals surface area contributed by atoms with Crippen LogP contribution in [-0.4, -0.2) is 527 Å². The summed E-state index contributed by atoms with van der Waals surface area (Å²) in [6, 6.07) is -5.87. The van der Waals surface area contributed by atoms with Crippen LogP contribution in [0.5, 0.6) is 0 Å². The summed E-state index contributed by atoms with van der Waals surface area (Å²) in [5.74, 6) is -2.90. The summed E-state index contributed by atoms with van der Waals surface area (Å²) in [6.07, 6.45) is -98.9. The van der Waals surface area contributed by atoms with E-state index in [1.807, 2.05) is 0 Å². The Labute approximate surface area is 673 Å². The number of aliphatic hydroxyl groups is 28. The lowest BCUT2D eigenvalue weighted by Crippen LogP contribution is -2.71. The van der Waals surface area contributed by atoms with Crippen molar-refractivity contribution >= 4 is 17.7 Å². The van der Waals surface area contributed by atoms with E-state index in [9.17, 15) is 157 Å². The fourth-order valence-electron chi connectivity index (χ4n) is 15.3. The zero-order valence-corrected chi connectivity index (χ0v) is 63.7. The second-order valence-corrected chi connectivity index (χ2v) is 30.3. The van der Waals surface area contributed by atoms with Crippen LogP contribution in [-0.2, 0) is 104 Å². The number of aliphatic hydroxyl groups excluding tert-OH is 28. The van der Waals surface area contributed by atoms with E-state index >= 15 is 0 Å². The lowest BCUT2D eigenvalue weighted by atomic mass is 9.93. The zero-order chi connectivity index (χ0) is 87.5. The second kappa shape index (κ2) is 42.4. The van der Waals surface area contributed by atoms with E-state index < -0.39 is 384 Å². The van der Waals surface area contributed by atoms with Gasteiger partial charge in [0.15, 0.2) is 62.9 Å². The van der Waals surface area contributed by atoms with E-state index in [2.05, 4.69) is 16.0 Å². The molecule has 0 bridgehead atoms. The van der Waals surface area contributed by atoms with Crippen molar-refractivity contribution in [2.45, 2.75) is 335 Å². The molecule has 0 spiro atoms. The normalized spacial score (nSPS) is 50.7. The Kier molecular flexibility index (Phi) is 34.8. The highest BCUT2D eigenvalue weighted by Crippen LogP contribution is 2.40. The Hall–Kier alpha value is -3.47. The van der Waals surface area contributed by atoms with Crippen molar-refractivity contribution in [2.24, 2.45) is 0 Å². The van der Waals surface area contributed by atoms with Crippen molar-refractivity contribution in [3.63, 3.8) is 0 Å². The highest BCUT2D eigenvalue weighted by Gasteiger charge is 2.61. The summed E-state index contributed by atoms with van der Waals surface area (Å²) >= 11 is 0. The molecular weight excluding hydrogens is 1630 g/mol. The van der Waals surface area contributed by atoms with Gasteiger partial charge in [0, 0.05) is 20.8 Å². The van der Waals surface area contributed by atoms with Gasteiger partial charge in [0.2, 0.25) is 17.7 Å². The van der Waals surface area contributed by atoms with Crippen molar-refractivity contribution in [1.29, 1.82) is 0 Å². The molecule has 10 rings (SSSR count). The molecule has 690 valence electrons. The van der Waals surface area contributed by atoms with E-state index in [-0.39, 0.29) is 0 Å². The molecule has 10 fully saturated rings. The number of hydrogen-bond acceptors (Lipinski definition) is 50. The average Bonchev–Trinajstić information content (AvgIpc) is 0.800. The van der Waals surface area contributed by atoms with Gasteiger partial charge in [-0.2, -0.15) is 0 Å². The van der Waals surface area contributed by atoms with Crippen LogP contribution in [0.25, 0.3) is 0 Å². The Balaban J connectivity index is 1.02. The first-order chi connectivity index (χ1) is 56.2. The molecular formula is C66H111N3O50. The Morgan fingerprint density at radius 3 is 0.924 bits per heavy atom. The molecule has 10 saturated heterocycles. The van der Waals surface area contributed by atoms with E-state index in [1.165, 1.54) is 6.92 Å². The summed E-state index contributed by atoms with van der Waals surface area (Å²) in [5.41, 5.74) is 0. The molecule has 0 unspecified atom stereocenters. The highest BCUT2D eigenvalue weighted by atomic mass is 16.8. The fraction of sp³-hybridized carbons (Fsp3) is 0.955. The van der Waals surface area contributed by atoms with E-state index in [0.717, 1.165) is 20.8 Å². The molecule has 10 heterocycles. The van der Waals surface area contributed by atoms with Crippen LogP contribution in [0.15, 0.2) is 0 Å². The highest BCUT2D eigenvalue weighted by molar-refractivity contribution is 5.74. The van der Waals surface area contributed by atoms with Gasteiger partial charge >= 0.3 is 0 Å². The monoisotopic (exact) mass is 1750 g/mol. The third kappa shape index (κ3) is 21.5. The molecule has 10 aliphatic heterocycles. The van der Waals surface area contributed by atoms with Gasteiger partial charge in [-0.05, 0) is 6.92 Å². The lowest BCUT2D eigenvalue weighted by molar-refractivity contribution is -0.397.